The lowest BCUT2D eigenvalue weighted by Gasteiger charge is -2.31. The van der Waals surface area contributed by atoms with Gasteiger partial charge in [0.2, 0.25) is 5.91 Å². The summed E-state index contributed by atoms with van der Waals surface area (Å²) in [5.41, 5.74) is 6.34. The highest BCUT2D eigenvalue weighted by Crippen LogP contribution is 2.24. The van der Waals surface area contributed by atoms with Gasteiger partial charge in [0, 0.05) is 24.5 Å². The van der Waals surface area contributed by atoms with Gasteiger partial charge in [-0.1, -0.05) is 60.2 Å². The first-order valence-corrected chi connectivity index (χ1v) is 13.2. The maximum Gasteiger partial charge on any atom is 0.228 e. The minimum absolute atomic E-state index is 0.0580. The van der Waals surface area contributed by atoms with Gasteiger partial charge in [0.15, 0.2) is 9.84 Å². The highest BCUT2D eigenvalue weighted by atomic mass is 32.2. The largest absolute Gasteiger partial charge is 0.373 e. The summed E-state index contributed by atoms with van der Waals surface area (Å²) in [6.07, 6.45) is 8.21. The van der Waals surface area contributed by atoms with Crippen LogP contribution in [0.4, 0.5) is 5.69 Å². The first-order chi connectivity index (χ1) is 15.9. The maximum atomic E-state index is 12.7. The molecule has 1 saturated heterocycles. The first-order valence-electron chi connectivity index (χ1n) is 11.4. The van der Waals surface area contributed by atoms with Crippen molar-refractivity contribution in [2.75, 3.05) is 29.9 Å². The predicted molar refractivity (Wildman–Crippen MR) is 135 cm³/mol. The Bertz CT molecular complexity index is 1180. The van der Waals surface area contributed by atoms with Crippen LogP contribution < -0.4 is 5.32 Å². The number of carbonyl (C=O) groups is 1. The van der Waals surface area contributed by atoms with E-state index in [1.807, 2.05) is 48.5 Å². The summed E-state index contributed by atoms with van der Waals surface area (Å²) in [5, 5.41) is 3.00. The van der Waals surface area contributed by atoms with Gasteiger partial charge < -0.3 is 10.2 Å². The molecule has 5 nitrogen and oxygen atoms in total. The summed E-state index contributed by atoms with van der Waals surface area (Å²) in [7, 11) is -2.91. The van der Waals surface area contributed by atoms with Crippen LogP contribution in [0.15, 0.2) is 89.7 Å². The summed E-state index contributed by atoms with van der Waals surface area (Å²) in [6.45, 7) is 3.16. The number of allylic oxidation sites excluding steroid dienone is 5. The Balaban J connectivity index is 1.41. The number of benzene rings is 2. The molecular formula is C27H30N2O3S. The number of rotatable bonds is 5. The van der Waals surface area contributed by atoms with Crippen LogP contribution in [-0.4, -0.2) is 43.8 Å². The summed E-state index contributed by atoms with van der Waals surface area (Å²) in [4.78, 5) is 14.9. The predicted octanol–water partition coefficient (Wildman–Crippen LogP) is 4.96. The van der Waals surface area contributed by atoms with Crippen LogP contribution in [0.1, 0.15) is 26.2 Å². The van der Waals surface area contributed by atoms with Crippen molar-refractivity contribution in [3.8, 4) is 11.1 Å². The number of nitrogens with zero attached hydrogens (tertiary/aromatic N) is 1. The molecule has 1 aliphatic heterocycles. The standard InChI is InChI=1S/C27H30N2O3S/c1-21-7-13-26(29-15-17-33(31,32)18-16-29)14-8-22(19-21)20-27(30)28-25-11-9-24(10-12-25)23-5-3-2-4-6-23/h2-6,8-12,14,19H,7,13,15-18,20H2,1H3,(H,28,30). The molecule has 2 aromatic carbocycles. The van der Waals surface area contributed by atoms with Crippen molar-refractivity contribution in [2.45, 2.75) is 26.2 Å². The zero-order valence-electron chi connectivity index (χ0n) is 19.0. The van der Waals surface area contributed by atoms with Crippen LogP contribution >= 0.6 is 0 Å². The number of amides is 1. The lowest BCUT2D eigenvalue weighted by molar-refractivity contribution is -0.115. The van der Waals surface area contributed by atoms with Crippen molar-refractivity contribution < 1.29 is 13.2 Å². The molecule has 6 heteroatoms. The molecule has 1 amide bonds. The van der Waals surface area contributed by atoms with E-state index in [2.05, 4.69) is 41.4 Å². The van der Waals surface area contributed by atoms with Crippen molar-refractivity contribution in [3.05, 3.63) is 89.7 Å². The van der Waals surface area contributed by atoms with E-state index >= 15 is 0 Å². The van der Waals surface area contributed by atoms with Gasteiger partial charge in [0.25, 0.3) is 0 Å². The molecule has 0 saturated carbocycles. The fourth-order valence-corrected chi connectivity index (χ4v) is 5.39. The second-order valence-electron chi connectivity index (χ2n) is 8.70. The van der Waals surface area contributed by atoms with Gasteiger partial charge in [0.05, 0.1) is 17.9 Å². The second kappa shape index (κ2) is 10.2. The molecule has 0 spiro atoms. The highest BCUT2D eigenvalue weighted by Gasteiger charge is 2.23. The number of anilines is 1. The molecule has 0 radical (unpaired) electrons. The molecular weight excluding hydrogens is 432 g/mol. The van der Waals surface area contributed by atoms with Crippen LogP contribution in [0.3, 0.4) is 0 Å². The Labute approximate surface area is 196 Å². The lowest BCUT2D eigenvalue weighted by atomic mass is 10.00. The molecule has 4 rings (SSSR count). The summed E-state index contributed by atoms with van der Waals surface area (Å²) < 4.78 is 23.5. The minimum Gasteiger partial charge on any atom is -0.373 e. The van der Waals surface area contributed by atoms with E-state index in [4.69, 9.17) is 0 Å². The van der Waals surface area contributed by atoms with E-state index in [1.165, 1.54) is 5.57 Å². The van der Waals surface area contributed by atoms with Crippen LogP contribution in [0.2, 0.25) is 0 Å². The number of hydrogen-bond acceptors (Lipinski definition) is 4. The maximum absolute atomic E-state index is 12.7. The Morgan fingerprint density at radius 1 is 0.909 bits per heavy atom. The zero-order chi connectivity index (χ0) is 23.3. The second-order valence-corrected chi connectivity index (χ2v) is 11.0. The molecule has 0 unspecified atom stereocenters. The van der Waals surface area contributed by atoms with Gasteiger partial charge in [-0.2, -0.15) is 0 Å². The molecule has 1 fully saturated rings. The monoisotopic (exact) mass is 462 g/mol. The van der Waals surface area contributed by atoms with Gasteiger partial charge in [0.1, 0.15) is 0 Å². The highest BCUT2D eigenvalue weighted by molar-refractivity contribution is 7.91. The molecule has 2 aromatic rings. The third kappa shape index (κ3) is 6.45. The number of hydrogen-bond donors (Lipinski definition) is 1. The van der Waals surface area contributed by atoms with E-state index in [0.717, 1.165) is 40.9 Å². The molecule has 172 valence electrons. The lowest BCUT2D eigenvalue weighted by Crippen LogP contribution is -2.39. The van der Waals surface area contributed by atoms with Crippen molar-refractivity contribution in [1.82, 2.24) is 4.90 Å². The molecule has 2 aliphatic rings. The molecule has 0 atom stereocenters. The van der Waals surface area contributed by atoms with Crippen LogP contribution in [0.25, 0.3) is 11.1 Å². The zero-order valence-corrected chi connectivity index (χ0v) is 19.8. The average Bonchev–Trinajstić information content (AvgIpc) is 2.79. The Morgan fingerprint density at radius 2 is 1.58 bits per heavy atom. The molecule has 1 aliphatic carbocycles. The van der Waals surface area contributed by atoms with E-state index in [9.17, 15) is 13.2 Å². The van der Waals surface area contributed by atoms with Gasteiger partial charge in [-0.05, 0) is 54.7 Å². The quantitative estimate of drug-likeness (QED) is 0.682. The molecule has 1 heterocycles. The van der Waals surface area contributed by atoms with Crippen molar-refractivity contribution >= 4 is 21.4 Å². The van der Waals surface area contributed by atoms with Gasteiger partial charge >= 0.3 is 0 Å². The van der Waals surface area contributed by atoms with Gasteiger partial charge in [-0.15, -0.1) is 0 Å². The van der Waals surface area contributed by atoms with Crippen LogP contribution in [0.5, 0.6) is 0 Å². The Hall–Kier alpha value is -3.12. The minimum atomic E-state index is -2.91. The fraction of sp³-hybridized carbons (Fsp3) is 0.296. The number of sulfone groups is 1. The topological polar surface area (TPSA) is 66.5 Å². The Morgan fingerprint density at radius 3 is 2.27 bits per heavy atom. The smallest absolute Gasteiger partial charge is 0.228 e. The van der Waals surface area contributed by atoms with Crippen LogP contribution in [-0.2, 0) is 14.6 Å². The molecule has 0 bridgehead atoms. The van der Waals surface area contributed by atoms with Crippen LogP contribution in [0, 0.1) is 0 Å². The van der Waals surface area contributed by atoms with Crippen molar-refractivity contribution in [1.29, 1.82) is 0 Å². The average molecular weight is 463 g/mol. The SMILES string of the molecule is CC1=CC(CC(=O)Nc2ccc(-c3ccccc3)cc2)=CC=C(N2CCS(=O)(=O)CC2)CC1. The number of nitrogens with one attached hydrogen (secondary N) is 1. The van der Waals surface area contributed by atoms with E-state index in [0.29, 0.717) is 13.1 Å². The third-order valence-electron chi connectivity index (χ3n) is 6.09. The van der Waals surface area contributed by atoms with E-state index in [1.54, 1.807) is 0 Å². The number of carbonyl (C=O) groups excluding carboxylic acids is 1. The third-order valence-corrected chi connectivity index (χ3v) is 7.70. The molecule has 33 heavy (non-hydrogen) atoms. The molecule has 1 N–H and O–H groups in total. The fourth-order valence-electron chi connectivity index (χ4n) is 4.19. The first kappa shape index (κ1) is 23.1. The Kier molecular flexibility index (Phi) is 7.14. The summed E-state index contributed by atoms with van der Waals surface area (Å²) in [5.74, 6) is 0.361. The van der Waals surface area contributed by atoms with Gasteiger partial charge in [-0.3, -0.25) is 4.79 Å². The van der Waals surface area contributed by atoms with E-state index in [-0.39, 0.29) is 23.8 Å². The van der Waals surface area contributed by atoms with Crippen molar-refractivity contribution in [3.63, 3.8) is 0 Å². The summed E-state index contributed by atoms with van der Waals surface area (Å²) >= 11 is 0. The van der Waals surface area contributed by atoms with Crippen molar-refractivity contribution in [2.24, 2.45) is 0 Å². The molecule has 0 aromatic heterocycles. The summed E-state index contributed by atoms with van der Waals surface area (Å²) in [6, 6.07) is 18.0. The van der Waals surface area contributed by atoms with E-state index < -0.39 is 9.84 Å². The normalized spacial score (nSPS) is 18.3. The van der Waals surface area contributed by atoms with Gasteiger partial charge in [-0.25, -0.2) is 8.42 Å².